The van der Waals surface area contributed by atoms with Gasteiger partial charge in [-0.1, -0.05) is 115 Å². The van der Waals surface area contributed by atoms with E-state index in [0.29, 0.717) is 0 Å². The largest absolute Gasteiger partial charge is 0.253 e. The van der Waals surface area contributed by atoms with E-state index in [-0.39, 0.29) is 0 Å². The Labute approximate surface area is 244 Å². The van der Waals surface area contributed by atoms with Crippen molar-refractivity contribution in [1.82, 2.24) is 9.97 Å². The van der Waals surface area contributed by atoms with Gasteiger partial charge in [0.05, 0.1) is 11.0 Å². The molecule has 0 aliphatic carbocycles. The zero-order chi connectivity index (χ0) is 27.9. The van der Waals surface area contributed by atoms with Crippen LogP contribution in [0, 0.1) is 0 Å². The van der Waals surface area contributed by atoms with Gasteiger partial charge in [-0.15, -0.1) is 0 Å². The average molecular weight is 535 g/mol. The second-order valence-corrected chi connectivity index (χ2v) is 10.7. The van der Waals surface area contributed by atoms with Gasteiger partial charge in [0.25, 0.3) is 0 Å². The van der Waals surface area contributed by atoms with Crippen molar-refractivity contribution in [1.29, 1.82) is 0 Å². The summed E-state index contributed by atoms with van der Waals surface area (Å²) in [5, 5.41) is 4.62. The van der Waals surface area contributed by atoms with E-state index in [1.807, 2.05) is 18.5 Å². The molecule has 42 heavy (non-hydrogen) atoms. The van der Waals surface area contributed by atoms with Crippen molar-refractivity contribution in [3.05, 3.63) is 158 Å². The minimum Gasteiger partial charge on any atom is -0.253 e. The van der Waals surface area contributed by atoms with Gasteiger partial charge in [-0.05, 0) is 74.5 Å². The van der Waals surface area contributed by atoms with E-state index >= 15 is 0 Å². The van der Waals surface area contributed by atoms with Crippen molar-refractivity contribution in [2.75, 3.05) is 0 Å². The average Bonchev–Trinajstić information content (AvgIpc) is 3.08. The lowest BCUT2D eigenvalue weighted by Gasteiger charge is -2.14. The molecule has 0 atom stereocenters. The lowest BCUT2D eigenvalue weighted by Crippen LogP contribution is -1.91. The number of aromatic nitrogens is 2. The van der Waals surface area contributed by atoms with E-state index < -0.39 is 0 Å². The van der Waals surface area contributed by atoms with Crippen LogP contribution < -0.4 is 0 Å². The molecule has 0 saturated heterocycles. The summed E-state index contributed by atoms with van der Waals surface area (Å²) < 4.78 is 0. The minimum atomic E-state index is 0.919. The molecule has 0 unspecified atom stereocenters. The predicted molar refractivity (Wildman–Crippen MR) is 176 cm³/mol. The Morgan fingerprint density at radius 2 is 0.762 bits per heavy atom. The van der Waals surface area contributed by atoms with Gasteiger partial charge in [-0.2, -0.15) is 0 Å². The summed E-state index contributed by atoms with van der Waals surface area (Å²) in [4.78, 5) is 9.93. The second-order valence-electron chi connectivity index (χ2n) is 10.7. The van der Waals surface area contributed by atoms with Gasteiger partial charge in [-0.3, -0.25) is 9.97 Å². The molecule has 2 heterocycles. The topological polar surface area (TPSA) is 25.8 Å². The van der Waals surface area contributed by atoms with Crippen molar-refractivity contribution >= 4 is 32.6 Å². The molecule has 2 nitrogen and oxygen atoms in total. The Morgan fingerprint density at radius 3 is 1.40 bits per heavy atom. The summed E-state index contributed by atoms with van der Waals surface area (Å²) in [7, 11) is 0. The van der Waals surface area contributed by atoms with Gasteiger partial charge in [-0.25, -0.2) is 0 Å². The van der Waals surface area contributed by atoms with E-state index in [9.17, 15) is 0 Å². The second kappa shape index (κ2) is 10.1. The highest BCUT2D eigenvalue weighted by atomic mass is 14.7. The van der Waals surface area contributed by atoms with Crippen molar-refractivity contribution in [3.8, 4) is 44.5 Å². The first-order valence-corrected chi connectivity index (χ1v) is 14.2. The molecule has 6 aromatic carbocycles. The van der Waals surface area contributed by atoms with Crippen molar-refractivity contribution < 1.29 is 0 Å². The van der Waals surface area contributed by atoms with Crippen LogP contribution in [0.2, 0.25) is 0 Å². The van der Waals surface area contributed by atoms with Gasteiger partial charge in [0, 0.05) is 34.3 Å². The maximum absolute atomic E-state index is 4.99. The standard InChI is InChI=1S/C40H26N2/c1-3-10-27(11-4-1)29-16-9-17-30(20-29)35-21-33-18-19-34-22-36(26-42-40(34)39(33)41-25-35)38-24-32-15-8-7-14-31(32)23-37(38)28-12-5-2-6-13-28/h1-26H. The highest BCUT2D eigenvalue weighted by Crippen LogP contribution is 2.37. The Morgan fingerprint density at radius 1 is 0.286 bits per heavy atom. The number of rotatable bonds is 4. The van der Waals surface area contributed by atoms with Crippen LogP contribution in [0.4, 0.5) is 0 Å². The molecule has 2 heteroatoms. The zero-order valence-electron chi connectivity index (χ0n) is 22.9. The van der Waals surface area contributed by atoms with Crippen LogP contribution >= 0.6 is 0 Å². The molecule has 0 amide bonds. The summed E-state index contributed by atoms with van der Waals surface area (Å²) in [6, 6.07) is 51.6. The normalized spacial score (nSPS) is 11.3. The lowest BCUT2D eigenvalue weighted by atomic mass is 9.91. The van der Waals surface area contributed by atoms with Crippen LogP contribution in [0.15, 0.2) is 158 Å². The smallest absolute Gasteiger partial charge is 0.0965 e. The van der Waals surface area contributed by atoms with Crippen LogP contribution in [-0.2, 0) is 0 Å². The molecule has 8 aromatic rings. The lowest BCUT2D eigenvalue weighted by molar-refractivity contribution is 1.37. The Hall–Kier alpha value is -5.60. The van der Waals surface area contributed by atoms with E-state index in [1.54, 1.807) is 0 Å². The molecule has 0 radical (unpaired) electrons. The highest BCUT2D eigenvalue weighted by molar-refractivity contribution is 6.05. The summed E-state index contributed by atoms with van der Waals surface area (Å²) in [5.41, 5.74) is 11.2. The van der Waals surface area contributed by atoms with Crippen LogP contribution in [0.3, 0.4) is 0 Å². The Kier molecular flexibility index (Phi) is 5.82. The van der Waals surface area contributed by atoms with Crippen molar-refractivity contribution in [2.24, 2.45) is 0 Å². The van der Waals surface area contributed by atoms with Crippen LogP contribution in [0.25, 0.3) is 77.1 Å². The molecule has 8 rings (SSSR count). The van der Waals surface area contributed by atoms with Crippen LogP contribution in [0.1, 0.15) is 0 Å². The van der Waals surface area contributed by atoms with E-state index in [4.69, 9.17) is 9.97 Å². The Bertz CT molecular complexity index is 2240. The molecule has 0 bridgehead atoms. The number of pyridine rings is 2. The predicted octanol–water partition coefficient (Wildman–Crippen LogP) is 10.6. The first-order valence-electron chi connectivity index (χ1n) is 14.2. The number of benzene rings is 6. The highest BCUT2D eigenvalue weighted by Gasteiger charge is 2.13. The first-order chi connectivity index (χ1) is 20.8. The van der Waals surface area contributed by atoms with E-state index in [2.05, 4.69) is 140 Å². The van der Waals surface area contributed by atoms with Crippen LogP contribution in [-0.4, -0.2) is 9.97 Å². The molecular weight excluding hydrogens is 508 g/mol. The molecule has 0 spiro atoms. The first kappa shape index (κ1) is 24.2. The molecule has 196 valence electrons. The third-order valence-corrected chi connectivity index (χ3v) is 8.09. The monoisotopic (exact) mass is 534 g/mol. The zero-order valence-corrected chi connectivity index (χ0v) is 22.9. The summed E-state index contributed by atoms with van der Waals surface area (Å²) in [5.74, 6) is 0. The molecule has 0 fully saturated rings. The molecule has 0 saturated carbocycles. The van der Waals surface area contributed by atoms with Gasteiger partial charge >= 0.3 is 0 Å². The third-order valence-electron chi connectivity index (χ3n) is 8.09. The summed E-state index contributed by atoms with van der Waals surface area (Å²) in [6.45, 7) is 0. The van der Waals surface area contributed by atoms with Gasteiger partial charge in [0.2, 0.25) is 0 Å². The Balaban J connectivity index is 1.22. The fourth-order valence-electron chi connectivity index (χ4n) is 5.94. The van der Waals surface area contributed by atoms with Gasteiger partial charge < -0.3 is 0 Å². The maximum Gasteiger partial charge on any atom is 0.0965 e. The quantitative estimate of drug-likeness (QED) is 0.210. The fourth-order valence-corrected chi connectivity index (χ4v) is 5.94. The molecule has 2 aromatic heterocycles. The minimum absolute atomic E-state index is 0.919. The molecule has 0 aliphatic rings. The number of hydrogen-bond donors (Lipinski definition) is 0. The fraction of sp³-hybridized carbons (Fsp3) is 0. The summed E-state index contributed by atoms with van der Waals surface area (Å²) in [6.07, 6.45) is 3.97. The SMILES string of the molecule is c1ccc(-c2cccc(-c3cnc4c(ccc5cc(-c6cc7ccccc7cc6-c6ccccc6)cnc54)c3)c2)cc1. The number of hydrogen-bond acceptors (Lipinski definition) is 2. The van der Waals surface area contributed by atoms with Gasteiger partial charge in [0.15, 0.2) is 0 Å². The van der Waals surface area contributed by atoms with Crippen molar-refractivity contribution in [3.63, 3.8) is 0 Å². The van der Waals surface area contributed by atoms with Crippen LogP contribution in [0.5, 0.6) is 0 Å². The molecule has 0 N–H and O–H groups in total. The van der Waals surface area contributed by atoms with E-state index in [1.165, 1.54) is 38.6 Å². The van der Waals surface area contributed by atoms with Crippen molar-refractivity contribution in [2.45, 2.75) is 0 Å². The summed E-state index contributed by atoms with van der Waals surface area (Å²) >= 11 is 0. The number of nitrogens with zero attached hydrogens (tertiary/aromatic N) is 2. The molecule has 0 aliphatic heterocycles. The number of fused-ring (bicyclic) bond motifs is 4. The maximum atomic E-state index is 4.99. The molecular formula is C40H26N2. The van der Waals surface area contributed by atoms with E-state index in [0.717, 1.165) is 38.5 Å². The third kappa shape index (κ3) is 4.31. The van der Waals surface area contributed by atoms with Gasteiger partial charge in [0.1, 0.15) is 0 Å².